The first-order chi connectivity index (χ1) is 15.0. The Labute approximate surface area is 174 Å². The number of non-ortho nitro benzene ring substituents is 1. The maximum atomic E-state index is 11.7. The summed E-state index contributed by atoms with van der Waals surface area (Å²) in [7, 11) is 0. The molecule has 31 heavy (non-hydrogen) atoms. The summed E-state index contributed by atoms with van der Waals surface area (Å²) in [6.45, 7) is 0. The van der Waals surface area contributed by atoms with E-state index in [1.165, 1.54) is 24.3 Å². The van der Waals surface area contributed by atoms with Crippen LogP contribution >= 0.6 is 0 Å². The number of hydrazine groups is 1. The Hall–Kier alpha value is -4.80. The van der Waals surface area contributed by atoms with Crippen LogP contribution in [0.5, 0.6) is 11.6 Å². The average molecular weight is 418 g/mol. The van der Waals surface area contributed by atoms with E-state index in [-0.39, 0.29) is 17.4 Å². The van der Waals surface area contributed by atoms with Gasteiger partial charge in [0.05, 0.1) is 15.5 Å². The van der Waals surface area contributed by atoms with Crippen molar-refractivity contribution >= 4 is 33.7 Å². The zero-order valence-corrected chi connectivity index (χ0v) is 15.8. The van der Waals surface area contributed by atoms with Gasteiger partial charge in [0.1, 0.15) is 12.1 Å². The number of hydrogen-bond acceptors (Lipinski definition) is 9. The molecule has 0 atom stereocenters. The molecule has 0 aliphatic heterocycles. The molecule has 0 saturated heterocycles. The van der Waals surface area contributed by atoms with Crippen LogP contribution in [0.2, 0.25) is 0 Å². The molecule has 11 heteroatoms. The first-order valence-corrected chi connectivity index (χ1v) is 8.94. The van der Waals surface area contributed by atoms with Crippen LogP contribution in [0, 0.1) is 20.2 Å². The Balaban J connectivity index is 1.58. The molecule has 0 unspecified atom stereocenters. The van der Waals surface area contributed by atoms with Crippen molar-refractivity contribution in [1.82, 2.24) is 9.97 Å². The zero-order chi connectivity index (χ0) is 21.8. The van der Waals surface area contributed by atoms with Gasteiger partial charge in [0.15, 0.2) is 0 Å². The van der Waals surface area contributed by atoms with Gasteiger partial charge in [0, 0.05) is 12.1 Å². The van der Waals surface area contributed by atoms with Crippen LogP contribution < -0.4 is 15.6 Å². The van der Waals surface area contributed by atoms with E-state index in [2.05, 4.69) is 20.8 Å². The number of nitrogens with zero attached hydrogens (tertiary/aromatic N) is 4. The average Bonchev–Trinajstić information content (AvgIpc) is 2.77. The molecule has 0 fully saturated rings. The van der Waals surface area contributed by atoms with Gasteiger partial charge in [-0.3, -0.25) is 31.1 Å². The monoisotopic (exact) mass is 418 g/mol. The second kappa shape index (κ2) is 8.29. The Kier molecular flexibility index (Phi) is 5.22. The van der Waals surface area contributed by atoms with Crippen molar-refractivity contribution in [2.45, 2.75) is 0 Å². The van der Waals surface area contributed by atoms with E-state index in [0.29, 0.717) is 11.4 Å². The van der Waals surface area contributed by atoms with Crippen molar-refractivity contribution in [2.24, 2.45) is 0 Å². The standard InChI is InChI=1S/C20H14N6O5/c27-25(28)16-8-6-15(7-9-16)23-24-19-18(26(29)30)20(22-12-21-19)31-17-10-5-13-3-1-2-4-14(13)11-17/h1-12,23H,(H,21,22,24). The van der Waals surface area contributed by atoms with Crippen LogP contribution in [0.4, 0.5) is 22.9 Å². The fraction of sp³-hybridized carbons (Fsp3) is 0. The lowest BCUT2D eigenvalue weighted by molar-refractivity contribution is -0.385. The van der Waals surface area contributed by atoms with E-state index in [1.807, 2.05) is 30.3 Å². The van der Waals surface area contributed by atoms with Crippen LogP contribution in [-0.2, 0) is 0 Å². The van der Waals surface area contributed by atoms with Crippen molar-refractivity contribution in [3.8, 4) is 11.6 Å². The normalized spacial score (nSPS) is 10.5. The Morgan fingerprint density at radius 3 is 2.26 bits per heavy atom. The zero-order valence-electron chi connectivity index (χ0n) is 15.8. The lowest BCUT2D eigenvalue weighted by Gasteiger charge is -2.11. The molecule has 2 N–H and O–H groups in total. The third-order valence-corrected chi connectivity index (χ3v) is 4.31. The van der Waals surface area contributed by atoms with E-state index >= 15 is 0 Å². The molecule has 0 aliphatic carbocycles. The van der Waals surface area contributed by atoms with Gasteiger partial charge in [-0.1, -0.05) is 30.3 Å². The maximum absolute atomic E-state index is 11.7. The second-order valence-electron chi connectivity index (χ2n) is 6.30. The van der Waals surface area contributed by atoms with Crippen LogP contribution in [-0.4, -0.2) is 19.8 Å². The minimum Gasteiger partial charge on any atom is -0.434 e. The van der Waals surface area contributed by atoms with E-state index in [9.17, 15) is 20.2 Å². The summed E-state index contributed by atoms with van der Waals surface area (Å²) in [5, 5.41) is 24.3. The number of nitro benzene ring substituents is 1. The molecular formula is C20H14N6O5. The highest BCUT2D eigenvalue weighted by Gasteiger charge is 2.25. The minimum atomic E-state index is -0.657. The third-order valence-electron chi connectivity index (χ3n) is 4.31. The van der Waals surface area contributed by atoms with Crippen LogP contribution in [0.3, 0.4) is 0 Å². The van der Waals surface area contributed by atoms with Gasteiger partial charge in [-0.15, -0.1) is 0 Å². The molecule has 0 amide bonds. The summed E-state index contributed by atoms with van der Waals surface area (Å²) in [5.41, 5.74) is 5.23. The fourth-order valence-corrected chi connectivity index (χ4v) is 2.83. The fourth-order valence-electron chi connectivity index (χ4n) is 2.83. The summed E-state index contributed by atoms with van der Waals surface area (Å²) < 4.78 is 5.68. The lowest BCUT2D eigenvalue weighted by Crippen LogP contribution is -2.12. The predicted octanol–water partition coefficient (Wildman–Crippen LogP) is 4.68. The van der Waals surface area contributed by atoms with Crippen LogP contribution in [0.15, 0.2) is 73.1 Å². The van der Waals surface area contributed by atoms with Crippen molar-refractivity contribution in [3.05, 3.63) is 93.3 Å². The summed E-state index contributed by atoms with van der Waals surface area (Å²) in [4.78, 5) is 29.0. The molecule has 0 radical (unpaired) electrons. The molecule has 1 heterocycles. The quantitative estimate of drug-likeness (QED) is 0.323. The van der Waals surface area contributed by atoms with Gasteiger partial charge in [-0.25, -0.2) is 4.98 Å². The molecule has 0 spiro atoms. The predicted molar refractivity (Wildman–Crippen MR) is 113 cm³/mol. The lowest BCUT2D eigenvalue weighted by atomic mass is 10.1. The molecule has 0 aliphatic rings. The molecular weight excluding hydrogens is 404 g/mol. The molecule has 4 rings (SSSR count). The van der Waals surface area contributed by atoms with Crippen LogP contribution in [0.25, 0.3) is 10.8 Å². The second-order valence-corrected chi connectivity index (χ2v) is 6.30. The molecule has 11 nitrogen and oxygen atoms in total. The number of rotatable bonds is 7. The van der Waals surface area contributed by atoms with Gasteiger partial charge in [0.25, 0.3) is 5.69 Å². The number of hydrogen-bond donors (Lipinski definition) is 2. The van der Waals surface area contributed by atoms with E-state index in [0.717, 1.165) is 17.1 Å². The molecule has 0 bridgehead atoms. The van der Waals surface area contributed by atoms with Crippen molar-refractivity contribution < 1.29 is 14.6 Å². The number of nitrogens with one attached hydrogen (secondary N) is 2. The number of nitro groups is 2. The number of ether oxygens (including phenoxy) is 1. The molecule has 4 aromatic rings. The highest BCUT2D eigenvalue weighted by molar-refractivity contribution is 5.83. The van der Waals surface area contributed by atoms with Crippen LogP contribution in [0.1, 0.15) is 0 Å². The Morgan fingerprint density at radius 1 is 0.806 bits per heavy atom. The van der Waals surface area contributed by atoms with E-state index in [1.54, 1.807) is 12.1 Å². The highest BCUT2D eigenvalue weighted by atomic mass is 16.6. The summed E-state index contributed by atoms with van der Waals surface area (Å²) >= 11 is 0. The maximum Gasteiger partial charge on any atom is 0.374 e. The molecule has 0 saturated carbocycles. The van der Waals surface area contributed by atoms with Gasteiger partial charge in [0.2, 0.25) is 5.82 Å². The van der Waals surface area contributed by atoms with Gasteiger partial charge >= 0.3 is 11.6 Å². The van der Waals surface area contributed by atoms with Crippen molar-refractivity contribution in [3.63, 3.8) is 0 Å². The number of anilines is 2. The SMILES string of the molecule is O=[N+]([O-])c1ccc(NNc2ncnc(Oc3ccc4ccccc4c3)c2[N+](=O)[O-])cc1. The van der Waals surface area contributed by atoms with Crippen molar-refractivity contribution in [2.75, 3.05) is 10.9 Å². The summed E-state index contributed by atoms with van der Waals surface area (Å²) in [6, 6.07) is 18.4. The molecule has 3 aromatic carbocycles. The van der Waals surface area contributed by atoms with Crippen molar-refractivity contribution in [1.29, 1.82) is 0 Å². The minimum absolute atomic E-state index is 0.0790. The number of benzene rings is 3. The largest absolute Gasteiger partial charge is 0.434 e. The number of fused-ring (bicyclic) bond motifs is 1. The molecule has 154 valence electrons. The Morgan fingerprint density at radius 2 is 1.55 bits per heavy atom. The molecule has 1 aromatic heterocycles. The highest BCUT2D eigenvalue weighted by Crippen LogP contribution is 2.35. The summed E-state index contributed by atoms with van der Waals surface area (Å²) in [6.07, 6.45) is 1.13. The van der Waals surface area contributed by atoms with Gasteiger partial charge < -0.3 is 4.74 Å². The first-order valence-electron chi connectivity index (χ1n) is 8.94. The van der Waals surface area contributed by atoms with E-state index in [4.69, 9.17) is 4.74 Å². The van der Waals surface area contributed by atoms with E-state index < -0.39 is 15.5 Å². The topological polar surface area (TPSA) is 145 Å². The summed E-state index contributed by atoms with van der Waals surface area (Å²) in [5.74, 6) is 0.0206. The third kappa shape index (κ3) is 4.29. The van der Waals surface area contributed by atoms with Gasteiger partial charge in [-0.05, 0) is 35.0 Å². The number of aromatic nitrogens is 2. The van der Waals surface area contributed by atoms with Gasteiger partial charge in [-0.2, -0.15) is 4.98 Å². The first kappa shape index (κ1) is 19.5. The smallest absolute Gasteiger partial charge is 0.374 e. The Bertz CT molecular complexity index is 1280.